The molecule has 0 unspecified atom stereocenters. The van der Waals surface area contributed by atoms with Gasteiger partial charge in [-0.15, -0.1) is 0 Å². The van der Waals surface area contributed by atoms with Crippen molar-refractivity contribution in [3.63, 3.8) is 0 Å². The topological polar surface area (TPSA) is 66.5 Å². The van der Waals surface area contributed by atoms with Crippen molar-refractivity contribution in [3.05, 3.63) is 39.3 Å². The van der Waals surface area contributed by atoms with Gasteiger partial charge in [-0.25, -0.2) is 0 Å². The number of likely N-dealkylation sites (tertiary alicyclic amines) is 1. The van der Waals surface area contributed by atoms with Crippen LogP contribution in [0.15, 0.2) is 28.8 Å². The van der Waals surface area contributed by atoms with Crippen molar-refractivity contribution in [1.29, 1.82) is 0 Å². The van der Waals surface area contributed by atoms with E-state index in [1.165, 1.54) is 4.90 Å². The SMILES string of the molecule is Cc1c(NC(=O)CCN2C(=O)[C@@H]3[C@H]4C=C[C@@H]([C@@H]5C[C@H]45)[C@@H]3C2=O)ccc(Br)c1Cl. The molecule has 7 heteroatoms. The molecule has 0 spiro atoms. The maximum atomic E-state index is 12.9. The summed E-state index contributed by atoms with van der Waals surface area (Å²) in [6, 6.07) is 3.55. The van der Waals surface area contributed by atoms with Gasteiger partial charge in [-0.2, -0.15) is 0 Å². The second-order valence-electron chi connectivity index (χ2n) is 8.31. The molecular weight excluding hydrogens is 444 g/mol. The lowest BCUT2D eigenvalue weighted by Gasteiger charge is -2.37. The zero-order valence-electron chi connectivity index (χ0n) is 15.3. The highest BCUT2D eigenvalue weighted by molar-refractivity contribution is 9.10. The van der Waals surface area contributed by atoms with E-state index < -0.39 is 0 Å². The number of allylic oxidation sites excluding steroid dienone is 2. The van der Waals surface area contributed by atoms with Crippen LogP contribution in [0, 0.1) is 42.4 Å². The molecule has 28 heavy (non-hydrogen) atoms. The summed E-state index contributed by atoms with van der Waals surface area (Å²) in [5, 5.41) is 3.38. The molecular formula is C21H20BrClN2O3. The average Bonchev–Trinajstić information content (AvgIpc) is 3.46. The van der Waals surface area contributed by atoms with Crippen molar-refractivity contribution in [2.75, 3.05) is 11.9 Å². The normalized spacial score (nSPS) is 34.5. The van der Waals surface area contributed by atoms with E-state index in [0.29, 0.717) is 22.5 Å². The third-order valence-corrected chi connectivity index (χ3v) is 8.31. The van der Waals surface area contributed by atoms with Crippen LogP contribution in [0.5, 0.6) is 0 Å². The van der Waals surface area contributed by atoms with E-state index in [1.54, 1.807) is 12.1 Å². The first-order valence-electron chi connectivity index (χ1n) is 9.66. The summed E-state index contributed by atoms with van der Waals surface area (Å²) >= 11 is 9.56. The predicted molar refractivity (Wildman–Crippen MR) is 109 cm³/mol. The lowest BCUT2D eigenvalue weighted by Crippen LogP contribution is -2.40. The second kappa shape index (κ2) is 6.42. The Morgan fingerprint density at radius 1 is 1.18 bits per heavy atom. The smallest absolute Gasteiger partial charge is 0.233 e. The van der Waals surface area contributed by atoms with Crippen LogP contribution in [0.4, 0.5) is 5.69 Å². The molecule has 2 saturated carbocycles. The number of anilines is 1. The number of imide groups is 1. The Hall–Kier alpha value is -1.66. The van der Waals surface area contributed by atoms with Crippen molar-refractivity contribution in [2.24, 2.45) is 35.5 Å². The van der Waals surface area contributed by atoms with Gasteiger partial charge in [0.25, 0.3) is 0 Å². The molecule has 0 radical (unpaired) electrons. The van der Waals surface area contributed by atoms with Crippen LogP contribution < -0.4 is 5.32 Å². The molecule has 1 N–H and O–H groups in total. The summed E-state index contributed by atoms with van der Waals surface area (Å²) in [4.78, 5) is 39.6. The van der Waals surface area contributed by atoms with Gasteiger partial charge in [0.2, 0.25) is 17.7 Å². The third-order valence-electron chi connectivity index (χ3n) is 6.93. The molecule has 5 nitrogen and oxygen atoms in total. The maximum Gasteiger partial charge on any atom is 0.233 e. The molecule has 6 atom stereocenters. The monoisotopic (exact) mass is 462 g/mol. The summed E-state index contributed by atoms with van der Waals surface area (Å²) < 4.78 is 0.766. The first kappa shape index (κ1) is 18.4. The molecule has 5 aliphatic rings. The number of hydrogen-bond donors (Lipinski definition) is 1. The van der Waals surface area contributed by atoms with Crippen LogP contribution in [-0.2, 0) is 14.4 Å². The molecule has 2 bridgehead atoms. The van der Waals surface area contributed by atoms with Gasteiger partial charge in [0.1, 0.15) is 0 Å². The van der Waals surface area contributed by atoms with Crippen LogP contribution in [-0.4, -0.2) is 29.2 Å². The zero-order valence-corrected chi connectivity index (χ0v) is 17.7. The van der Waals surface area contributed by atoms with Gasteiger partial charge in [0.15, 0.2) is 0 Å². The van der Waals surface area contributed by atoms with E-state index >= 15 is 0 Å². The minimum Gasteiger partial charge on any atom is -0.326 e. The second-order valence-corrected chi connectivity index (χ2v) is 9.55. The quantitative estimate of drug-likeness (QED) is 0.546. The number of benzene rings is 1. The van der Waals surface area contributed by atoms with Crippen LogP contribution in [0.25, 0.3) is 0 Å². The standard InChI is InChI=1S/C21H20BrClN2O3/c1-9-15(5-4-14(22)19(9)23)24-16(26)6-7-25-20(27)17-10-2-3-11(13-8-12(10)13)18(17)21(25)28/h2-5,10-13,17-18H,6-8H2,1H3,(H,24,26)/t10-,11-,12-,13+,17-,18+/m0/s1. The van der Waals surface area contributed by atoms with Gasteiger partial charge < -0.3 is 5.32 Å². The maximum absolute atomic E-state index is 12.9. The Kier molecular flexibility index (Phi) is 4.22. The first-order chi connectivity index (χ1) is 13.4. The fourth-order valence-electron chi connectivity index (χ4n) is 5.45. The van der Waals surface area contributed by atoms with Gasteiger partial charge in [-0.1, -0.05) is 23.8 Å². The van der Waals surface area contributed by atoms with Gasteiger partial charge in [-0.05, 0) is 70.6 Å². The summed E-state index contributed by atoms with van der Waals surface area (Å²) in [6.45, 7) is 1.96. The summed E-state index contributed by atoms with van der Waals surface area (Å²) in [6.07, 6.45) is 5.54. The van der Waals surface area contributed by atoms with Gasteiger partial charge in [-0.3, -0.25) is 19.3 Å². The number of nitrogens with zero attached hydrogens (tertiary/aromatic N) is 1. The van der Waals surface area contributed by atoms with E-state index in [-0.39, 0.29) is 54.4 Å². The van der Waals surface area contributed by atoms with Crippen molar-refractivity contribution in [1.82, 2.24) is 4.90 Å². The van der Waals surface area contributed by atoms with Crippen molar-refractivity contribution < 1.29 is 14.4 Å². The Morgan fingerprint density at radius 2 is 1.79 bits per heavy atom. The Bertz CT molecular complexity index is 910. The highest BCUT2D eigenvalue weighted by atomic mass is 79.9. The van der Waals surface area contributed by atoms with Gasteiger partial charge in [0, 0.05) is 23.1 Å². The number of carbonyl (C=O) groups is 3. The molecule has 1 aliphatic heterocycles. The van der Waals surface area contributed by atoms with Gasteiger partial charge >= 0.3 is 0 Å². The fraction of sp³-hybridized carbons (Fsp3) is 0.476. The number of rotatable bonds is 4. The molecule has 0 aromatic heterocycles. The lowest BCUT2D eigenvalue weighted by molar-refractivity contribution is -0.140. The van der Waals surface area contributed by atoms with Crippen LogP contribution in [0.2, 0.25) is 5.02 Å². The molecule has 1 heterocycles. The number of carbonyl (C=O) groups excluding carboxylic acids is 3. The lowest BCUT2D eigenvalue weighted by atomic mass is 9.63. The molecule has 1 saturated heterocycles. The number of hydrogen-bond acceptors (Lipinski definition) is 3. The number of amides is 3. The van der Waals surface area contributed by atoms with E-state index in [2.05, 4.69) is 33.4 Å². The molecule has 1 aromatic carbocycles. The molecule has 4 aliphatic carbocycles. The fourth-order valence-corrected chi connectivity index (χ4v) is 6.05. The number of nitrogens with one attached hydrogen (secondary N) is 1. The molecule has 6 rings (SSSR count). The Morgan fingerprint density at radius 3 is 2.39 bits per heavy atom. The highest BCUT2D eigenvalue weighted by Crippen LogP contribution is 2.65. The van der Waals surface area contributed by atoms with E-state index in [1.807, 2.05) is 6.92 Å². The molecule has 3 fully saturated rings. The largest absolute Gasteiger partial charge is 0.326 e. The highest BCUT2D eigenvalue weighted by Gasteiger charge is 2.66. The molecule has 1 aromatic rings. The van der Waals surface area contributed by atoms with Crippen molar-refractivity contribution in [3.8, 4) is 0 Å². The summed E-state index contributed by atoms with van der Waals surface area (Å²) in [7, 11) is 0. The summed E-state index contributed by atoms with van der Waals surface area (Å²) in [5.74, 6) is 0.767. The Labute approximate surface area is 176 Å². The number of halogens is 2. The Balaban J connectivity index is 1.25. The van der Waals surface area contributed by atoms with Crippen molar-refractivity contribution in [2.45, 2.75) is 19.8 Å². The van der Waals surface area contributed by atoms with E-state index in [9.17, 15) is 14.4 Å². The van der Waals surface area contributed by atoms with Gasteiger partial charge in [0.05, 0.1) is 16.9 Å². The molecule has 3 amide bonds. The predicted octanol–water partition coefficient (Wildman–Crippen LogP) is 3.79. The zero-order chi connectivity index (χ0) is 19.7. The summed E-state index contributed by atoms with van der Waals surface area (Å²) in [5.41, 5.74) is 1.40. The van der Waals surface area contributed by atoms with E-state index in [4.69, 9.17) is 11.6 Å². The average molecular weight is 464 g/mol. The van der Waals surface area contributed by atoms with Crippen LogP contribution in [0.3, 0.4) is 0 Å². The van der Waals surface area contributed by atoms with Crippen LogP contribution in [0.1, 0.15) is 18.4 Å². The minimum atomic E-state index is -0.235. The van der Waals surface area contributed by atoms with Crippen LogP contribution >= 0.6 is 27.5 Å². The molecule has 146 valence electrons. The van der Waals surface area contributed by atoms with E-state index in [0.717, 1.165) is 16.5 Å². The first-order valence-corrected chi connectivity index (χ1v) is 10.8. The minimum absolute atomic E-state index is 0.0830. The van der Waals surface area contributed by atoms with Crippen molar-refractivity contribution >= 4 is 50.9 Å². The third kappa shape index (κ3) is 2.61.